The highest BCUT2D eigenvalue weighted by Crippen LogP contribution is 2.41. The van der Waals surface area contributed by atoms with Crippen molar-refractivity contribution in [3.8, 4) is 11.4 Å². The van der Waals surface area contributed by atoms with Crippen LogP contribution in [-0.4, -0.2) is 82.3 Å². The number of hydrogen-bond donors (Lipinski definition) is 1. The van der Waals surface area contributed by atoms with Gasteiger partial charge in [-0.05, 0) is 24.6 Å². The van der Waals surface area contributed by atoms with Crippen LogP contribution in [0, 0.1) is 0 Å². The first-order valence-electron chi connectivity index (χ1n) is 13.0. The van der Waals surface area contributed by atoms with Gasteiger partial charge in [0, 0.05) is 49.2 Å². The zero-order valence-electron chi connectivity index (χ0n) is 21.3. The highest BCUT2D eigenvalue weighted by Gasteiger charge is 2.50. The summed E-state index contributed by atoms with van der Waals surface area (Å²) >= 11 is 0. The minimum absolute atomic E-state index is 0.0254. The molecule has 198 valence electrons. The van der Waals surface area contributed by atoms with E-state index in [2.05, 4.69) is 4.90 Å². The number of carbonyl (C=O) groups is 2. The molecule has 0 bridgehead atoms. The fourth-order valence-electron chi connectivity index (χ4n) is 5.80. The molecule has 10 heteroatoms. The highest BCUT2D eigenvalue weighted by atomic mass is 16.6. The molecular weight excluding hydrogens is 488 g/mol. The van der Waals surface area contributed by atoms with E-state index < -0.39 is 17.5 Å². The number of fused-ring (bicyclic) bond motifs is 5. The molecule has 38 heavy (non-hydrogen) atoms. The predicted molar refractivity (Wildman–Crippen MR) is 138 cm³/mol. The summed E-state index contributed by atoms with van der Waals surface area (Å²) in [7, 11) is 0. The molecular formula is C28H30N4O6. The lowest BCUT2D eigenvalue weighted by Gasteiger charge is -2.37. The minimum Gasteiger partial charge on any atom is -0.457 e. The minimum atomic E-state index is -1.70. The number of esters is 2. The van der Waals surface area contributed by atoms with Gasteiger partial charge in [0.15, 0.2) is 0 Å². The van der Waals surface area contributed by atoms with Crippen LogP contribution in [0.15, 0.2) is 41.2 Å². The SMILES string of the molecule is CC[C@]1(OC(=O)CN2CCN(CCO)CC2)C(=O)OCc2c1cc1n(c2=O)Cc2cc3ccccc3nc2-1. The van der Waals surface area contributed by atoms with Gasteiger partial charge < -0.3 is 19.1 Å². The number of hydrogen-bond acceptors (Lipinski definition) is 9. The second kappa shape index (κ2) is 9.61. The maximum Gasteiger partial charge on any atom is 0.355 e. The quantitative estimate of drug-likeness (QED) is 0.377. The topological polar surface area (TPSA) is 114 Å². The molecule has 5 heterocycles. The van der Waals surface area contributed by atoms with Crippen LogP contribution in [0.4, 0.5) is 0 Å². The van der Waals surface area contributed by atoms with Gasteiger partial charge in [0.1, 0.15) is 6.61 Å². The molecule has 0 spiro atoms. The third-order valence-electron chi connectivity index (χ3n) is 7.91. The van der Waals surface area contributed by atoms with E-state index in [9.17, 15) is 14.4 Å². The van der Waals surface area contributed by atoms with Crippen molar-refractivity contribution in [3.05, 3.63) is 63.4 Å². The fraction of sp³-hybridized carbons (Fsp3) is 0.429. The van der Waals surface area contributed by atoms with E-state index in [1.807, 2.05) is 35.2 Å². The Balaban J connectivity index is 1.34. The molecule has 1 N–H and O–H groups in total. The molecule has 1 aromatic carbocycles. The number of ether oxygens (including phenoxy) is 2. The maximum absolute atomic E-state index is 13.6. The molecule has 1 saturated heterocycles. The van der Waals surface area contributed by atoms with Gasteiger partial charge in [-0.3, -0.25) is 19.4 Å². The summed E-state index contributed by atoms with van der Waals surface area (Å²) in [4.78, 5) is 48.9. The lowest BCUT2D eigenvalue weighted by atomic mass is 9.85. The lowest BCUT2D eigenvalue weighted by Crippen LogP contribution is -2.51. The summed E-state index contributed by atoms with van der Waals surface area (Å²) in [5.41, 5.74) is 1.80. The van der Waals surface area contributed by atoms with E-state index in [0.717, 1.165) is 29.6 Å². The van der Waals surface area contributed by atoms with Gasteiger partial charge >= 0.3 is 11.9 Å². The Labute approximate surface area is 219 Å². The van der Waals surface area contributed by atoms with Crippen LogP contribution >= 0.6 is 0 Å². The second-order valence-electron chi connectivity index (χ2n) is 10.1. The van der Waals surface area contributed by atoms with Crippen molar-refractivity contribution in [2.75, 3.05) is 45.9 Å². The largest absolute Gasteiger partial charge is 0.457 e. The van der Waals surface area contributed by atoms with Gasteiger partial charge in [-0.2, -0.15) is 0 Å². The van der Waals surface area contributed by atoms with E-state index >= 15 is 0 Å². The molecule has 3 aliphatic heterocycles. The van der Waals surface area contributed by atoms with Gasteiger partial charge in [-0.25, -0.2) is 9.78 Å². The van der Waals surface area contributed by atoms with Crippen LogP contribution in [0.3, 0.4) is 0 Å². The Morgan fingerprint density at radius 2 is 1.89 bits per heavy atom. The Morgan fingerprint density at radius 1 is 1.13 bits per heavy atom. The van der Waals surface area contributed by atoms with E-state index in [-0.39, 0.29) is 31.7 Å². The van der Waals surface area contributed by atoms with Crippen LogP contribution in [-0.2, 0) is 37.8 Å². The number of rotatable bonds is 6. The summed E-state index contributed by atoms with van der Waals surface area (Å²) in [5, 5.41) is 10.1. The third kappa shape index (κ3) is 4.00. The molecule has 3 aromatic rings. The third-order valence-corrected chi connectivity index (χ3v) is 7.91. The number of para-hydroxylation sites is 1. The molecule has 0 radical (unpaired) electrons. The molecule has 2 aromatic heterocycles. The van der Waals surface area contributed by atoms with Gasteiger partial charge in [0.25, 0.3) is 5.56 Å². The summed E-state index contributed by atoms with van der Waals surface area (Å²) in [6.45, 7) is 5.48. The first kappa shape index (κ1) is 24.7. The van der Waals surface area contributed by atoms with E-state index in [4.69, 9.17) is 19.6 Å². The van der Waals surface area contributed by atoms with Crippen molar-refractivity contribution >= 4 is 22.8 Å². The van der Waals surface area contributed by atoms with Crippen molar-refractivity contribution in [3.63, 3.8) is 0 Å². The number of benzene rings is 1. The number of pyridine rings is 2. The number of aliphatic hydroxyl groups excluding tert-OH is 1. The summed E-state index contributed by atoms with van der Waals surface area (Å²) in [6, 6.07) is 11.6. The number of cyclic esters (lactones) is 1. The Morgan fingerprint density at radius 3 is 2.66 bits per heavy atom. The second-order valence-corrected chi connectivity index (χ2v) is 10.1. The standard InChI is InChI=1S/C28H30N4O6/c1-2-28(38-24(34)16-31-9-7-30(8-10-31)11-12-33)21-14-23-25-19(13-18-5-3-4-6-22(18)29-25)15-32(23)26(35)20(21)17-37-27(28)36/h3-6,13-14,33H,2,7-12,15-17H2,1H3/t28-/m1/s1. The molecule has 0 amide bonds. The monoisotopic (exact) mass is 518 g/mol. The first-order valence-corrected chi connectivity index (χ1v) is 13.0. The van der Waals surface area contributed by atoms with E-state index in [1.54, 1.807) is 17.6 Å². The zero-order chi connectivity index (χ0) is 26.4. The number of piperazine rings is 1. The number of aliphatic hydroxyl groups is 1. The molecule has 6 rings (SSSR count). The summed E-state index contributed by atoms with van der Waals surface area (Å²) in [6.07, 6.45) is 0.135. The van der Waals surface area contributed by atoms with Crippen molar-refractivity contribution in [1.82, 2.24) is 19.4 Å². The van der Waals surface area contributed by atoms with Crippen LogP contribution in [0.25, 0.3) is 22.3 Å². The van der Waals surface area contributed by atoms with Gasteiger partial charge in [0.05, 0.1) is 42.2 Å². The smallest absolute Gasteiger partial charge is 0.355 e. The van der Waals surface area contributed by atoms with Gasteiger partial charge in [-0.15, -0.1) is 0 Å². The maximum atomic E-state index is 13.6. The summed E-state index contributed by atoms with van der Waals surface area (Å²) in [5.74, 6) is -1.21. The fourth-order valence-corrected chi connectivity index (χ4v) is 5.80. The molecule has 1 fully saturated rings. The zero-order valence-corrected chi connectivity index (χ0v) is 21.3. The normalized spacial score (nSPS) is 21.1. The Kier molecular flexibility index (Phi) is 6.25. The van der Waals surface area contributed by atoms with Gasteiger partial charge in [-0.1, -0.05) is 25.1 Å². The molecule has 0 unspecified atom stereocenters. The Bertz CT molecular complexity index is 1490. The number of nitrogens with zero attached hydrogens (tertiary/aromatic N) is 4. The number of carbonyl (C=O) groups excluding carboxylic acids is 2. The number of aromatic nitrogens is 2. The predicted octanol–water partition coefficient (Wildman–Crippen LogP) is 1.24. The molecule has 1 atom stereocenters. The van der Waals surface area contributed by atoms with Crippen molar-refractivity contribution in [2.45, 2.75) is 32.1 Å². The first-order chi connectivity index (χ1) is 18.4. The van der Waals surface area contributed by atoms with E-state index in [0.29, 0.717) is 48.7 Å². The van der Waals surface area contributed by atoms with E-state index in [1.165, 1.54) is 0 Å². The van der Waals surface area contributed by atoms with Crippen molar-refractivity contribution < 1.29 is 24.2 Å². The van der Waals surface area contributed by atoms with Crippen molar-refractivity contribution in [2.24, 2.45) is 0 Å². The average Bonchev–Trinajstić information content (AvgIpc) is 3.28. The molecule has 0 saturated carbocycles. The Hall–Kier alpha value is -3.60. The molecule has 0 aliphatic carbocycles. The van der Waals surface area contributed by atoms with Gasteiger partial charge in [0.2, 0.25) is 5.60 Å². The summed E-state index contributed by atoms with van der Waals surface area (Å²) < 4.78 is 13.0. The van der Waals surface area contributed by atoms with Crippen LogP contribution in [0.5, 0.6) is 0 Å². The number of β-amino-alcohol motifs (C(OH)–C–C–N with tert-alkyl or cyclic N) is 1. The molecule has 3 aliphatic rings. The highest BCUT2D eigenvalue weighted by molar-refractivity contribution is 5.88. The van der Waals surface area contributed by atoms with Crippen LogP contribution in [0.1, 0.15) is 30.0 Å². The lowest BCUT2D eigenvalue weighted by molar-refractivity contribution is -0.190. The average molecular weight is 519 g/mol. The van der Waals surface area contributed by atoms with Crippen LogP contribution in [0.2, 0.25) is 0 Å². The van der Waals surface area contributed by atoms with Crippen LogP contribution < -0.4 is 5.56 Å². The van der Waals surface area contributed by atoms with Crippen molar-refractivity contribution in [1.29, 1.82) is 0 Å². The molecule has 10 nitrogen and oxygen atoms in total.